The van der Waals surface area contributed by atoms with Crippen LogP contribution >= 0.6 is 0 Å². The topological polar surface area (TPSA) is 95.7 Å². The number of nitrogens with one attached hydrogen (secondary N) is 1. The highest BCUT2D eigenvalue weighted by Gasteiger charge is 2.46. The fraction of sp³-hybridized carbons (Fsp3) is 0.591. The molecule has 2 atom stereocenters. The Bertz CT molecular complexity index is 877. The molecule has 5 rings (SSSR count). The number of rotatable bonds is 3. The van der Waals surface area contributed by atoms with Crippen molar-refractivity contribution in [3.8, 4) is 0 Å². The van der Waals surface area contributed by atoms with Crippen LogP contribution in [0.2, 0.25) is 0 Å². The molecular weight excluding hydrogens is 368 g/mol. The van der Waals surface area contributed by atoms with Crippen molar-refractivity contribution in [1.29, 1.82) is 0 Å². The Labute approximate surface area is 170 Å². The number of carbonyl (C=O) groups excluding carboxylic acids is 3. The number of carbonyl (C=O) groups is 3. The molecule has 1 spiro atoms. The molecule has 3 aliphatic heterocycles. The lowest BCUT2D eigenvalue weighted by molar-refractivity contribution is -0.136. The highest BCUT2D eigenvalue weighted by atomic mass is 16.2. The first-order chi connectivity index (χ1) is 14.0. The zero-order valence-electron chi connectivity index (χ0n) is 16.7. The third-order valence-corrected chi connectivity index (χ3v) is 7.34. The predicted molar refractivity (Wildman–Crippen MR) is 107 cm³/mol. The molecule has 29 heavy (non-hydrogen) atoms. The van der Waals surface area contributed by atoms with E-state index in [4.69, 9.17) is 5.73 Å². The summed E-state index contributed by atoms with van der Waals surface area (Å²) in [6, 6.07) is 5.55. The molecule has 7 nitrogen and oxygen atoms in total. The van der Waals surface area contributed by atoms with Gasteiger partial charge in [-0.05, 0) is 42.9 Å². The summed E-state index contributed by atoms with van der Waals surface area (Å²) >= 11 is 0. The molecule has 1 aliphatic carbocycles. The van der Waals surface area contributed by atoms with Crippen LogP contribution in [0.5, 0.6) is 0 Å². The molecule has 0 radical (unpaired) electrons. The summed E-state index contributed by atoms with van der Waals surface area (Å²) in [5.41, 5.74) is 9.43. The highest BCUT2D eigenvalue weighted by molar-refractivity contribution is 6.05. The van der Waals surface area contributed by atoms with Gasteiger partial charge in [0.25, 0.3) is 5.91 Å². The van der Waals surface area contributed by atoms with Gasteiger partial charge in [-0.1, -0.05) is 25.0 Å². The zero-order valence-corrected chi connectivity index (χ0v) is 16.7. The van der Waals surface area contributed by atoms with E-state index in [0.717, 1.165) is 30.6 Å². The minimum Gasteiger partial charge on any atom is -0.326 e. The second-order valence-corrected chi connectivity index (χ2v) is 9.12. The molecule has 3 amide bonds. The van der Waals surface area contributed by atoms with Gasteiger partial charge in [0.15, 0.2) is 0 Å². The normalized spacial score (nSPS) is 29.0. The molecule has 0 bridgehead atoms. The van der Waals surface area contributed by atoms with Crippen LogP contribution < -0.4 is 11.1 Å². The van der Waals surface area contributed by atoms with E-state index in [1.807, 2.05) is 12.1 Å². The maximum absolute atomic E-state index is 13.0. The molecule has 3 fully saturated rings. The number of piperidine rings is 1. The van der Waals surface area contributed by atoms with Gasteiger partial charge in [0.1, 0.15) is 6.04 Å². The third kappa shape index (κ3) is 3.07. The Morgan fingerprint density at radius 2 is 1.97 bits per heavy atom. The third-order valence-electron chi connectivity index (χ3n) is 7.34. The minimum absolute atomic E-state index is 0.106. The molecule has 0 aromatic heterocycles. The summed E-state index contributed by atoms with van der Waals surface area (Å²) in [5, 5.41) is 2.37. The van der Waals surface area contributed by atoms with Crippen LogP contribution in [0.1, 0.15) is 66.4 Å². The van der Waals surface area contributed by atoms with E-state index in [2.05, 4.69) is 16.3 Å². The van der Waals surface area contributed by atoms with Crippen molar-refractivity contribution in [1.82, 2.24) is 15.1 Å². The number of hydrogen-bond acceptors (Lipinski definition) is 5. The van der Waals surface area contributed by atoms with Crippen LogP contribution in [0, 0.1) is 0 Å². The first-order valence-corrected chi connectivity index (χ1v) is 10.7. The lowest BCUT2D eigenvalue weighted by atomic mass is 9.92. The minimum atomic E-state index is -0.568. The van der Waals surface area contributed by atoms with Crippen LogP contribution in [-0.4, -0.2) is 51.7 Å². The average molecular weight is 396 g/mol. The summed E-state index contributed by atoms with van der Waals surface area (Å²) < 4.78 is 0. The van der Waals surface area contributed by atoms with Crippen LogP contribution in [0.15, 0.2) is 18.2 Å². The van der Waals surface area contributed by atoms with Crippen molar-refractivity contribution in [2.75, 3.05) is 6.54 Å². The van der Waals surface area contributed by atoms with Crippen molar-refractivity contribution in [2.45, 2.75) is 75.7 Å². The molecule has 154 valence electrons. The molecule has 3 N–H and O–H groups in total. The monoisotopic (exact) mass is 396 g/mol. The van der Waals surface area contributed by atoms with Crippen LogP contribution in [0.25, 0.3) is 0 Å². The number of nitrogens with zero attached hydrogens (tertiary/aromatic N) is 2. The van der Waals surface area contributed by atoms with E-state index in [0.29, 0.717) is 18.5 Å². The Hall–Kier alpha value is -2.25. The predicted octanol–water partition coefficient (Wildman–Crippen LogP) is 1.29. The fourth-order valence-electron chi connectivity index (χ4n) is 5.95. The van der Waals surface area contributed by atoms with E-state index in [9.17, 15) is 14.4 Å². The van der Waals surface area contributed by atoms with Gasteiger partial charge in [0.05, 0.1) is 0 Å². The second kappa shape index (κ2) is 6.92. The van der Waals surface area contributed by atoms with Crippen LogP contribution in [-0.2, 0) is 22.7 Å². The van der Waals surface area contributed by atoms with Crippen molar-refractivity contribution < 1.29 is 14.4 Å². The van der Waals surface area contributed by atoms with E-state index < -0.39 is 6.04 Å². The highest BCUT2D eigenvalue weighted by Crippen LogP contribution is 2.44. The molecule has 2 unspecified atom stereocenters. The second-order valence-electron chi connectivity index (χ2n) is 9.12. The van der Waals surface area contributed by atoms with E-state index in [-0.39, 0.29) is 35.7 Å². The van der Waals surface area contributed by atoms with Gasteiger partial charge < -0.3 is 10.6 Å². The number of imide groups is 1. The Balaban J connectivity index is 1.40. The molecule has 1 aromatic carbocycles. The van der Waals surface area contributed by atoms with Crippen LogP contribution in [0.4, 0.5) is 0 Å². The lowest BCUT2D eigenvalue weighted by Crippen LogP contribution is -2.52. The molecule has 2 saturated heterocycles. The Kier molecular flexibility index (Phi) is 4.47. The van der Waals surface area contributed by atoms with Gasteiger partial charge in [0.2, 0.25) is 11.8 Å². The Morgan fingerprint density at radius 1 is 1.17 bits per heavy atom. The fourth-order valence-corrected chi connectivity index (χ4v) is 5.95. The first kappa shape index (κ1) is 18.8. The molecule has 4 aliphatic rings. The number of benzene rings is 1. The van der Waals surface area contributed by atoms with Gasteiger partial charge in [-0.15, -0.1) is 0 Å². The van der Waals surface area contributed by atoms with E-state index in [1.165, 1.54) is 25.7 Å². The van der Waals surface area contributed by atoms with Gasteiger partial charge >= 0.3 is 0 Å². The number of fused-ring (bicyclic) bond motifs is 1. The van der Waals surface area contributed by atoms with E-state index in [1.54, 1.807) is 4.90 Å². The molecule has 3 heterocycles. The summed E-state index contributed by atoms with van der Waals surface area (Å²) in [7, 11) is 0. The van der Waals surface area contributed by atoms with Gasteiger partial charge in [-0.25, -0.2) is 0 Å². The average Bonchev–Trinajstić information content (AvgIpc) is 3.36. The van der Waals surface area contributed by atoms with Gasteiger partial charge in [0, 0.05) is 43.2 Å². The standard InChI is InChI=1S/C22H28N4O3/c23-15-10-22(8-1-2-9-22)25(12-15)11-14-4-3-5-16-17(14)13-26(21(16)29)18-6-7-19(27)24-20(18)28/h3-5,15,18H,1-2,6-13,23H2,(H,24,27,28). The lowest BCUT2D eigenvalue weighted by Gasteiger charge is -2.35. The number of likely N-dealkylation sites (tertiary alicyclic amines) is 1. The van der Waals surface area contributed by atoms with Crippen molar-refractivity contribution in [3.05, 3.63) is 34.9 Å². The SMILES string of the molecule is NC1CN(Cc2cccc3c2CN(C2CCC(=O)NC2=O)C3=O)C2(CCCC2)C1. The van der Waals surface area contributed by atoms with Crippen LogP contribution in [0.3, 0.4) is 0 Å². The Morgan fingerprint density at radius 3 is 2.72 bits per heavy atom. The zero-order chi connectivity index (χ0) is 20.2. The molecule has 7 heteroatoms. The number of nitrogens with two attached hydrogens (primary N) is 1. The largest absolute Gasteiger partial charge is 0.326 e. The molecular formula is C22H28N4O3. The quantitative estimate of drug-likeness (QED) is 0.751. The summed E-state index contributed by atoms with van der Waals surface area (Å²) in [5.74, 6) is -0.729. The summed E-state index contributed by atoms with van der Waals surface area (Å²) in [6.07, 6.45) is 6.66. The first-order valence-electron chi connectivity index (χ1n) is 10.7. The molecule has 1 aromatic rings. The maximum atomic E-state index is 13.0. The number of amides is 3. The van der Waals surface area contributed by atoms with Crippen molar-refractivity contribution in [3.63, 3.8) is 0 Å². The number of hydrogen-bond donors (Lipinski definition) is 2. The van der Waals surface area contributed by atoms with E-state index >= 15 is 0 Å². The molecule has 1 saturated carbocycles. The van der Waals surface area contributed by atoms with Crippen molar-refractivity contribution >= 4 is 17.7 Å². The van der Waals surface area contributed by atoms with Gasteiger partial charge in [-0.3, -0.25) is 24.6 Å². The maximum Gasteiger partial charge on any atom is 0.255 e. The van der Waals surface area contributed by atoms with Gasteiger partial charge in [-0.2, -0.15) is 0 Å². The van der Waals surface area contributed by atoms with Crippen molar-refractivity contribution in [2.24, 2.45) is 5.73 Å². The summed E-state index contributed by atoms with van der Waals surface area (Å²) in [4.78, 5) is 41.0. The smallest absolute Gasteiger partial charge is 0.255 e. The summed E-state index contributed by atoms with van der Waals surface area (Å²) in [6.45, 7) is 2.13.